The molecule has 3 saturated heterocycles. The van der Waals surface area contributed by atoms with E-state index in [0.29, 0.717) is 12.8 Å². The van der Waals surface area contributed by atoms with Crippen molar-refractivity contribution in [1.29, 1.82) is 0 Å². The van der Waals surface area contributed by atoms with Crippen LogP contribution < -0.4 is 0 Å². The Kier molecular flexibility index (Phi) is 2.02. The summed E-state index contributed by atoms with van der Waals surface area (Å²) < 4.78 is 10.8. The quantitative estimate of drug-likeness (QED) is 0.657. The van der Waals surface area contributed by atoms with Gasteiger partial charge in [-0.2, -0.15) is 0 Å². The highest BCUT2D eigenvalue weighted by molar-refractivity contribution is 5.91. The summed E-state index contributed by atoms with van der Waals surface area (Å²) in [6, 6.07) is 0. The van der Waals surface area contributed by atoms with Crippen LogP contribution in [0.15, 0.2) is 0 Å². The first-order valence-corrected chi connectivity index (χ1v) is 5.82. The van der Waals surface area contributed by atoms with E-state index in [9.17, 15) is 15.0 Å². The average molecular weight is 228 g/mol. The molecule has 5 unspecified atom stereocenters. The number of ether oxygens (including phenoxy) is 2. The van der Waals surface area contributed by atoms with E-state index < -0.39 is 23.8 Å². The minimum absolute atomic E-state index is 0.0335. The minimum atomic E-state index is -1.86. The zero-order valence-electron chi connectivity index (χ0n) is 9.18. The number of Topliss-reactive ketones (excluding diaryl/α,β-unsaturated/α-hetero) is 1. The highest BCUT2D eigenvalue weighted by Crippen LogP contribution is 2.52. The van der Waals surface area contributed by atoms with Crippen LogP contribution in [0, 0.1) is 5.92 Å². The molecule has 16 heavy (non-hydrogen) atoms. The molecule has 4 bridgehead atoms. The molecule has 0 amide bonds. The molecule has 5 atom stereocenters. The van der Waals surface area contributed by atoms with E-state index in [1.54, 1.807) is 0 Å². The van der Waals surface area contributed by atoms with Crippen LogP contribution in [0.4, 0.5) is 0 Å². The van der Waals surface area contributed by atoms with Gasteiger partial charge in [0.1, 0.15) is 6.10 Å². The van der Waals surface area contributed by atoms with E-state index in [0.717, 1.165) is 6.42 Å². The molecule has 5 heteroatoms. The molecule has 0 aromatic carbocycles. The molecule has 1 aliphatic carbocycles. The van der Waals surface area contributed by atoms with Gasteiger partial charge >= 0.3 is 0 Å². The van der Waals surface area contributed by atoms with Crippen molar-refractivity contribution in [2.24, 2.45) is 5.92 Å². The molecule has 4 fully saturated rings. The second-order valence-corrected chi connectivity index (χ2v) is 4.99. The molecule has 3 heterocycles. The van der Waals surface area contributed by atoms with Crippen molar-refractivity contribution in [2.75, 3.05) is 0 Å². The van der Waals surface area contributed by atoms with Crippen molar-refractivity contribution < 1.29 is 24.5 Å². The van der Waals surface area contributed by atoms with Gasteiger partial charge in [0.25, 0.3) is 0 Å². The fourth-order valence-electron chi connectivity index (χ4n) is 3.24. The lowest BCUT2D eigenvalue weighted by molar-refractivity contribution is -0.446. The summed E-state index contributed by atoms with van der Waals surface area (Å²) in [6.07, 6.45) is 0.556. The van der Waals surface area contributed by atoms with E-state index in [1.165, 1.54) is 0 Å². The van der Waals surface area contributed by atoms with Crippen LogP contribution in [0.1, 0.15) is 32.6 Å². The maximum Gasteiger partial charge on any atom is 0.207 e. The first kappa shape index (κ1) is 10.7. The van der Waals surface area contributed by atoms with Gasteiger partial charge in [0.05, 0.1) is 6.42 Å². The zero-order valence-corrected chi connectivity index (χ0v) is 9.18. The highest BCUT2D eigenvalue weighted by atomic mass is 16.8. The van der Waals surface area contributed by atoms with Gasteiger partial charge in [-0.1, -0.05) is 13.3 Å². The average Bonchev–Trinajstić information content (AvgIpc) is 2.21. The molecule has 4 rings (SSSR count). The highest BCUT2D eigenvalue weighted by Gasteiger charge is 2.72. The molecule has 4 aliphatic rings. The Hall–Kier alpha value is -0.490. The Morgan fingerprint density at radius 2 is 2.25 bits per heavy atom. The smallest absolute Gasteiger partial charge is 0.207 e. The molecule has 5 nitrogen and oxygen atoms in total. The SMILES string of the molecule is CCC1CCC2(O)OC3CC(=O)C2(O)C1O3. The number of carbonyl (C=O) groups is 1. The van der Waals surface area contributed by atoms with Crippen molar-refractivity contribution in [1.82, 2.24) is 0 Å². The Bertz CT molecular complexity index is 343. The fourth-order valence-corrected chi connectivity index (χ4v) is 3.24. The molecular weight excluding hydrogens is 212 g/mol. The first-order valence-electron chi connectivity index (χ1n) is 5.82. The van der Waals surface area contributed by atoms with E-state index in [1.807, 2.05) is 6.92 Å². The Balaban J connectivity index is 2.07. The third-order valence-corrected chi connectivity index (χ3v) is 4.22. The molecule has 0 aromatic rings. The second kappa shape index (κ2) is 3.04. The number of fused-ring (bicyclic) bond motifs is 1. The van der Waals surface area contributed by atoms with Crippen LogP contribution in [0.3, 0.4) is 0 Å². The third-order valence-electron chi connectivity index (χ3n) is 4.22. The van der Waals surface area contributed by atoms with Gasteiger partial charge < -0.3 is 19.7 Å². The van der Waals surface area contributed by atoms with Crippen molar-refractivity contribution in [3.8, 4) is 0 Å². The third kappa shape index (κ3) is 1.02. The van der Waals surface area contributed by atoms with E-state index >= 15 is 0 Å². The van der Waals surface area contributed by atoms with Crippen LogP contribution in [-0.2, 0) is 14.3 Å². The standard InChI is InChI=1S/C11H16O5/c1-2-6-3-4-10(13)11(14)7(12)5-8(16-10)15-9(6)11/h6,8-9,13-14H,2-5H2,1H3. The molecule has 0 radical (unpaired) electrons. The number of rotatable bonds is 1. The van der Waals surface area contributed by atoms with Crippen LogP contribution in [0.2, 0.25) is 0 Å². The number of hydrogen-bond donors (Lipinski definition) is 2. The van der Waals surface area contributed by atoms with E-state index in [-0.39, 0.29) is 18.1 Å². The van der Waals surface area contributed by atoms with Crippen LogP contribution in [0.25, 0.3) is 0 Å². The summed E-state index contributed by atoms with van der Waals surface area (Å²) in [7, 11) is 0. The van der Waals surface area contributed by atoms with Gasteiger partial charge in [0.2, 0.25) is 11.4 Å². The number of aliphatic hydroxyl groups is 2. The number of ketones is 1. The second-order valence-electron chi connectivity index (χ2n) is 4.99. The maximum atomic E-state index is 11.9. The molecular formula is C11H16O5. The lowest BCUT2D eigenvalue weighted by Gasteiger charge is -2.60. The van der Waals surface area contributed by atoms with Crippen molar-refractivity contribution >= 4 is 5.78 Å². The van der Waals surface area contributed by atoms with Crippen molar-refractivity contribution in [3.05, 3.63) is 0 Å². The molecule has 90 valence electrons. The van der Waals surface area contributed by atoms with Gasteiger partial charge in [0.15, 0.2) is 12.1 Å². The summed E-state index contributed by atoms with van der Waals surface area (Å²) in [5, 5.41) is 20.7. The van der Waals surface area contributed by atoms with E-state index in [4.69, 9.17) is 9.47 Å². The zero-order chi connectivity index (χ0) is 11.6. The monoisotopic (exact) mass is 228 g/mol. The number of hydrogen-bond acceptors (Lipinski definition) is 5. The predicted octanol–water partition coefficient (Wildman–Crippen LogP) is -0.0596. The molecule has 0 spiro atoms. The summed E-state index contributed by atoms with van der Waals surface area (Å²) in [4.78, 5) is 11.9. The summed E-state index contributed by atoms with van der Waals surface area (Å²) in [5.74, 6) is -1.97. The summed E-state index contributed by atoms with van der Waals surface area (Å²) in [5.41, 5.74) is -1.86. The summed E-state index contributed by atoms with van der Waals surface area (Å²) in [6.45, 7) is 2.00. The molecule has 3 aliphatic heterocycles. The Morgan fingerprint density at radius 3 is 2.94 bits per heavy atom. The minimum Gasteiger partial charge on any atom is -0.375 e. The maximum absolute atomic E-state index is 11.9. The fraction of sp³-hybridized carbons (Fsp3) is 0.909. The van der Waals surface area contributed by atoms with Gasteiger partial charge in [0, 0.05) is 6.42 Å². The normalized spacial score (nSPS) is 55.4. The van der Waals surface area contributed by atoms with Crippen LogP contribution in [0.5, 0.6) is 0 Å². The predicted molar refractivity (Wildman–Crippen MR) is 52.3 cm³/mol. The Morgan fingerprint density at radius 1 is 1.50 bits per heavy atom. The van der Waals surface area contributed by atoms with Crippen molar-refractivity contribution in [2.45, 2.75) is 56.4 Å². The van der Waals surface area contributed by atoms with Gasteiger partial charge in [-0.05, 0) is 12.3 Å². The molecule has 2 N–H and O–H groups in total. The first-order chi connectivity index (χ1) is 7.51. The topological polar surface area (TPSA) is 76.0 Å². The van der Waals surface area contributed by atoms with E-state index in [2.05, 4.69) is 0 Å². The molecule has 0 aromatic heterocycles. The van der Waals surface area contributed by atoms with Gasteiger partial charge in [-0.15, -0.1) is 0 Å². The van der Waals surface area contributed by atoms with Crippen molar-refractivity contribution in [3.63, 3.8) is 0 Å². The van der Waals surface area contributed by atoms with Gasteiger partial charge in [-0.3, -0.25) is 4.79 Å². The van der Waals surface area contributed by atoms with Crippen LogP contribution >= 0.6 is 0 Å². The largest absolute Gasteiger partial charge is 0.375 e. The summed E-state index contributed by atoms with van der Waals surface area (Å²) >= 11 is 0. The lowest BCUT2D eigenvalue weighted by atomic mass is 9.65. The molecule has 1 saturated carbocycles. The Labute approximate surface area is 93.3 Å². The van der Waals surface area contributed by atoms with Gasteiger partial charge in [-0.25, -0.2) is 0 Å². The lowest BCUT2D eigenvalue weighted by Crippen LogP contribution is -2.79. The number of carbonyl (C=O) groups excluding carboxylic acids is 1. The van der Waals surface area contributed by atoms with Crippen LogP contribution in [-0.4, -0.2) is 39.8 Å².